The number of amides is 1. The quantitative estimate of drug-likeness (QED) is 0.654. The minimum atomic E-state index is -3.93. The fourth-order valence-electron chi connectivity index (χ4n) is 2.02. The molecule has 94 valence electrons. The molecule has 0 aliphatic carbocycles. The third-order valence-corrected chi connectivity index (χ3v) is 4.12. The largest absolute Gasteiger partial charge is 0.294 e. The lowest BCUT2D eigenvalue weighted by molar-refractivity contribution is 0.0985. The molecule has 0 aromatic heterocycles. The molecule has 1 aliphatic rings. The second-order valence-electron chi connectivity index (χ2n) is 3.96. The molecule has 0 unspecified atom stereocenters. The van der Waals surface area contributed by atoms with Crippen LogP contribution in [0.4, 0.5) is 0 Å². The van der Waals surface area contributed by atoms with E-state index in [4.69, 9.17) is 0 Å². The summed E-state index contributed by atoms with van der Waals surface area (Å²) >= 11 is 0. The molecular formula is C12H11NO4S. The summed E-state index contributed by atoms with van der Waals surface area (Å²) in [7, 11) is -3.93. The number of ketones is 1. The Balaban J connectivity index is 2.86. The number of fused-ring (bicyclic) bond motifs is 1. The van der Waals surface area contributed by atoms with Crippen molar-refractivity contribution >= 4 is 21.7 Å². The number of benzene rings is 1. The highest BCUT2D eigenvalue weighted by atomic mass is 32.2. The summed E-state index contributed by atoms with van der Waals surface area (Å²) in [5.74, 6) is -1.08. The van der Waals surface area contributed by atoms with Crippen LogP contribution in [0, 0.1) is 0 Å². The van der Waals surface area contributed by atoms with Gasteiger partial charge in [-0.15, -0.1) is 6.58 Å². The molecule has 0 saturated heterocycles. The zero-order valence-corrected chi connectivity index (χ0v) is 10.5. The van der Waals surface area contributed by atoms with Gasteiger partial charge in [-0.3, -0.25) is 9.59 Å². The van der Waals surface area contributed by atoms with E-state index in [9.17, 15) is 18.0 Å². The van der Waals surface area contributed by atoms with Crippen LogP contribution in [-0.4, -0.2) is 20.1 Å². The maximum Gasteiger partial charge on any atom is 0.266 e. The van der Waals surface area contributed by atoms with Crippen LogP contribution in [0.1, 0.15) is 33.2 Å². The number of hydrogen-bond donors (Lipinski definition) is 1. The SMILES string of the molecule is C=CCc1ccc2c(c1C(C)=O)S(=O)(=O)NC2=O. The van der Waals surface area contributed by atoms with Crippen molar-refractivity contribution < 1.29 is 18.0 Å². The van der Waals surface area contributed by atoms with E-state index in [2.05, 4.69) is 6.58 Å². The van der Waals surface area contributed by atoms with E-state index >= 15 is 0 Å². The first-order valence-corrected chi connectivity index (χ1v) is 6.71. The van der Waals surface area contributed by atoms with Crippen molar-refractivity contribution in [3.05, 3.63) is 41.5 Å². The van der Waals surface area contributed by atoms with Crippen molar-refractivity contribution in [3.8, 4) is 0 Å². The fraction of sp³-hybridized carbons (Fsp3) is 0.167. The number of nitrogens with one attached hydrogen (secondary N) is 1. The standard InChI is InChI=1S/C12H11NO4S/c1-3-4-8-5-6-9-11(10(8)7(2)14)18(16,17)13-12(9)15/h3,5-6H,1,4H2,2H3,(H,13,15). The molecule has 1 aromatic carbocycles. The molecule has 18 heavy (non-hydrogen) atoms. The predicted octanol–water partition coefficient (Wildman–Crippen LogP) is 1.05. The van der Waals surface area contributed by atoms with Crippen molar-refractivity contribution in [2.24, 2.45) is 0 Å². The minimum Gasteiger partial charge on any atom is -0.294 e. The van der Waals surface area contributed by atoms with E-state index in [-0.39, 0.29) is 21.8 Å². The molecule has 0 fully saturated rings. The van der Waals surface area contributed by atoms with Crippen LogP contribution in [0.15, 0.2) is 29.7 Å². The van der Waals surface area contributed by atoms with Crippen molar-refractivity contribution in [3.63, 3.8) is 0 Å². The Morgan fingerprint density at radius 3 is 2.67 bits per heavy atom. The Kier molecular flexibility index (Phi) is 2.82. The van der Waals surface area contributed by atoms with Gasteiger partial charge in [-0.2, -0.15) is 0 Å². The first-order chi connectivity index (χ1) is 8.38. The fourth-order valence-corrected chi connectivity index (χ4v) is 3.47. The van der Waals surface area contributed by atoms with E-state index in [1.165, 1.54) is 13.0 Å². The maximum absolute atomic E-state index is 11.8. The van der Waals surface area contributed by atoms with Gasteiger partial charge in [0.1, 0.15) is 4.90 Å². The second kappa shape index (κ2) is 4.06. The lowest BCUT2D eigenvalue weighted by Gasteiger charge is -2.08. The number of rotatable bonds is 3. The number of hydrogen-bond acceptors (Lipinski definition) is 4. The molecule has 1 heterocycles. The Bertz CT molecular complexity index is 674. The van der Waals surface area contributed by atoms with Crippen LogP contribution >= 0.6 is 0 Å². The molecule has 0 spiro atoms. The molecule has 1 aromatic rings. The molecule has 0 radical (unpaired) electrons. The zero-order chi connectivity index (χ0) is 13.5. The number of carbonyl (C=O) groups excluding carboxylic acids is 2. The van der Waals surface area contributed by atoms with Gasteiger partial charge in [0.25, 0.3) is 15.9 Å². The summed E-state index contributed by atoms with van der Waals surface area (Å²) in [5.41, 5.74) is 0.648. The minimum absolute atomic E-state index is 0.0213. The number of carbonyl (C=O) groups is 2. The Hall–Kier alpha value is -1.95. The molecule has 5 nitrogen and oxygen atoms in total. The molecule has 1 N–H and O–H groups in total. The molecule has 0 saturated carbocycles. The lowest BCUT2D eigenvalue weighted by atomic mass is 9.98. The molecule has 0 bridgehead atoms. The van der Waals surface area contributed by atoms with Gasteiger partial charge in [0, 0.05) is 5.56 Å². The number of sulfonamides is 1. The second-order valence-corrected chi connectivity index (χ2v) is 5.58. The van der Waals surface area contributed by atoms with Crippen LogP contribution < -0.4 is 4.72 Å². The molecule has 1 aliphatic heterocycles. The Morgan fingerprint density at radius 2 is 2.11 bits per heavy atom. The number of Topliss-reactive ketones (excluding diaryl/α,β-unsaturated/α-hetero) is 1. The normalized spacial score (nSPS) is 15.9. The topological polar surface area (TPSA) is 80.3 Å². The van der Waals surface area contributed by atoms with Gasteiger partial charge < -0.3 is 0 Å². The summed E-state index contributed by atoms with van der Waals surface area (Å²) in [5, 5.41) is 0. The lowest BCUT2D eigenvalue weighted by Crippen LogP contribution is -2.21. The van der Waals surface area contributed by atoms with Gasteiger partial charge >= 0.3 is 0 Å². The smallest absolute Gasteiger partial charge is 0.266 e. The first kappa shape index (κ1) is 12.5. The van der Waals surface area contributed by atoms with Crippen molar-refractivity contribution in [1.29, 1.82) is 0 Å². The van der Waals surface area contributed by atoms with E-state index in [1.807, 2.05) is 4.72 Å². The van der Waals surface area contributed by atoms with Gasteiger partial charge in [0.15, 0.2) is 5.78 Å². The van der Waals surface area contributed by atoms with Gasteiger partial charge in [-0.1, -0.05) is 12.1 Å². The van der Waals surface area contributed by atoms with Crippen LogP contribution in [0.25, 0.3) is 0 Å². The average Bonchev–Trinajstić information content (AvgIpc) is 2.49. The third-order valence-electron chi connectivity index (χ3n) is 2.70. The summed E-state index contributed by atoms with van der Waals surface area (Å²) in [6.07, 6.45) is 1.94. The molecular weight excluding hydrogens is 254 g/mol. The van der Waals surface area contributed by atoms with E-state index < -0.39 is 15.9 Å². The predicted molar refractivity (Wildman–Crippen MR) is 65.0 cm³/mol. The highest BCUT2D eigenvalue weighted by Crippen LogP contribution is 2.29. The summed E-state index contributed by atoms with van der Waals surface area (Å²) in [4.78, 5) is 23.0. The first-order valence-electron chi connectivity index (χ1n) is 5.23. The van der Waals surface area contributed by atoms with Crippen LogP contribution in [0.5, 0.6) is 0 Å². The van der Waals surface area contributed by atoms with E-state index in [1.54, 1.807) is 12.1 Å². The van der Waals surface area contributed by atoms with Gasteiger partial charge in [-0.25, -0.2) is 13.1 Å². The Morgan fingerprint density at radius 1 is 1.44 bits per heavy atom. The summed E-state index contributed by atoms with van der Waals surface area (Å²) < 4.78 is 25.5. The monoisotopic (exact) mass is 265 g/mol. The molecule has 0 atom stereocenters. The number of allylic oxidation sites excluding steroid dienone is 1. The zero-order valence-electron chi connectivity index (χ0n) is 9.69. The molecule has 6 heteroatoms. The van der Waals surface area contributed by atoms with Crippen LogP contribution in [0.3, 0.4) is 0 Å². The van der Waals surface area contributed by atoms with Crippen molar-refractivity contribution in [2.45, 2.75) is 18.2 Å². The van der Waals surface area contributed by atoms with Crippen LogP contribution in [-0.2, 0) is 16.4 Å². The maximum atomic E-state index is 11.8. The average molecular weight is 265 g/mol. The summed E-state index contributed by atoms with van der Waals surface area (Å²) in [6, 6.07) is 3.00. The molecule has 2 rings (SSSR count). The van der Waals surface area contributed by atoms with Crippen molar-refractivity contribution in [2.75, 3.05) is 0 Å². The highest BCUT2D eigenvalue weighted by Gasteiger charge is 2.37. The Labute approximate surface area is 105 Å². The van der Waals surface area contributed by atoms with Gasteiger partial charge in [0.05, 0.1) is 5.56 Å². The third kappa shape index (κ3) is 1.74. The van der Waals surface area contributed by atoms with Gasteiger partial charge in [0.2, 0.25) is 0 Å². The van der Waals surface area contributed by atoms with Crippen molar-refractivity contribution in [1.82, 2.24) is 4.72 Å². The van der Waals surface area contributed by atoms with Gasteiger partial charge in [-0.05, 0) is 25.0 Å². The highest BCUT2D eigenvalue weighted by molar-refractivity contribution is 7.90. The van der Waals surface area contributed by atoms with E-state index in [0.717, 1.165) is 0 Å². The summed E-state index contributed by atoms with van der Waals surface area (Å²) in [6.45, 7) is 4.84. The molecule has 1 amide bonds. The van der Waals surface area contributed by atoms with Crippen LogP contribution in [0.2, 0.25) is 0 Å². The van der Waals surface area contributed by atoms with E-state index in [0.29, 0.717) is 12.0 Å².